The highest BCUT2D eigenvalue weighted by atomic mass is 32.1. The number of fused-ring (bicyclic) bond motifs is 1. The summed E-state index contributed by atoms with van der Waals surface area (Å²) < 4.78 is 18.2. The zero-order chi connectivity index (χ0) is 18.5. The number of hydrogen-bond acceptors (Lipinski definition) is 6. The summed E-state index contributed by atoms with van der Waals surface area (Å²) in [6.07, 6.45) is 1.49. The summed E-state index contributed by atoms with van der Waals surface area (Å²) in [7, 11) is 3.40. The van der Waals surface area contributed by atoms with Crippen molar-refractivity contribution < 1.29 is 13.9 Å². The molecule has 1 amide bonds. The summed E-state index contributed by atoms with van der Waals surface area (Å²) in [6.45, 7) is 1.09. The van der Waals surface area contributed by atoms with Crippen LogP contribution in [0, 0.1) is 5.82 Å². The van der Waals surface area contributed by atoms with Crippen molar-refractivity contribution in [2.24, 2.45) is 0 Å². The number of amides is 1. The zero-order valence-electron chi connectivity index (χ0n) is 14.5. The first kappa shape index (κ1) is 18.2. The molecule has 6 nitrogen and oxygen atoms in total. The highest BCUT2D eigenvalue weighted by Crippen LogP contribution is 2.37. The van der Waals surface area contributed by atoms with Gasteiger partial charge in [-0.05, 0) is 17.7 Å². The Morgan fingerprint density at radius 2 is 2.08 bits per heavy atom. The number of carbonyl (C=O) groups is 1. The van der Waals surface area contributed by atoms with Crippen molar-refractivity contribution >= 4 is 33.3 Å². The Kier molecular flexibility index (Phi) is 5.75. The predicted octanol–water partition coefficient (Wildman–Crippen LogP) is 2.70. The van der Waals surface area contributed by atoms with Crippen LogP contribution in [0.2, 0.25) is 0 Å². The third-order valence-corrected chi connectivity index (χ3v) is 4.76. The van der Waals surface area contributed by atoms with E-state index in [-0.39, 0.29) is 18.3 Å². The van der Waals surface area contributed by atoms with Crippen LogP contribution >= 0.6 is 11.3 Å². The first-order valence-corrected chi connectivity index (χ1v) is 8.93. The van der Waals surface area contributed by atoms with Gasteiger partial charge in [0.1, 0.15) is 22.8 Å². The maximum Gasteiger partial charge on any atom is 0.239 e. The molecule has 0 spiro atoms. The first-order chi connectivity index (χ1) is 12.6. The Bertz CT molecular complexity index is 898. The maximum atomic E-state index is 13.2. The van der Waals surface area contributed by atoms with Crippen LogP contribution in [0.15, 0.2) is 36.0 Å². The standard InChI is InChI=1S/C18H19FN4O2S/c1-23(9-15(24)20-7-8-25-2)17-16-14(10-26-18(16)22-11-21-17)12-3-5-13(19)6-4-12/h3-6,10-11H,7-9H2,1-2H3,(H,20,24). The number of benzene rings is 1. The Balaban J connectivity index is 1.89. The lowest BCUT2D eigenvalue weighted by molar-refractivity contribution is -0.119. The van der Waals surface area contributed by atoms with Gasteiger partial charge in [0.15, 0.2) is 0 Å². The molecular weight excluding hydrogens is 355 g/mol. The number of nitrogens with zero attached hydrogens (tertiary/aromatic N) is 3. The summed E-state index contributed by atoms with van der Waals surface area (Å²) in [6, 6.07) is 6.31. The van der Waals surface area contributed by atoms with Gasteiger partial charge < -0.3 is 15.0 Å². The van der Waals surface area contributed by atoms with Gasteiger partial charge in [-0.15, -0.1) is 11.3 Å². The van der Waals surface area contributed by atoms with Crippen molar-refractivity contribution in [2.45, 2.75) is 0 Å². The van der Waals surface area contributed by atoms with Crippen molar-refractivity contribution in [1.29, 1.82) is 0 Å². The molecule has 0 atom stereocenters. The number of anilines is 1. The van der Waals surface area contributed by atoms with Crippen molar-refractivity contribution in [2.75, 3.05) is 38.8 Å². The number of nitrogens with one attached hydrogen (secondary N) is 1. The van der Waals surface area contributed by atoms with E-state index < -0.39 is 0 Å². The quantitative estimate of drug-likeness (QED) is 0.644. The van der Waals surface area contributed by atoms with Gasteiger partial charge in [0.2, 0.25) is 5.91 Å². The highest BCUT2D eigenvalue weighted by molar-refractivity contribution is 7.17. The van der Waals surface area contributed by atoms with E-state index in [1.165, 1.54) is 29.8 Å². The van der Waals surface area contributed by atoms with Gasteiger partial charge >= 0.3 is 0 Å². The molecule has 2 heterocycles. The van der Waals surface area contributed by atoms with E-state index in [0.29, 0.717) is 19.0 Å². The minimum atomic E-state index is -0.283. The smallest absolute Gasteiger partial charge is 0.239 e. The van der Waals surface area contributed by atoms with E-state index in [2.05, 4.69) is 15.3 Å². The largest absolute Gasteiger partial charge is 0.383 e. The van der Waals surface area contributed by atoms with Crippen molar-refractivity contribution in [3.63, 3.8) is 0 Å². The van der Waals surface area contributed by atoms with Crippen LogP contribution in [0.3, 0.4) is 0 Å². The van der Waals surface area contributed by atoms with Gasteiger partial charge in [-0.1, -0.05) is 12.1 Å². The van der Waals surface area contributed by atoms with E-state index in [1.807, 2.05) is 12.4 Å². The fourth-order valence-corrected chi connectivity index (χ4v) is 3.54. The fourth-order valence-electron chi connectivity index (χ4n) is 2.63. The summed E-state index contributed by atoms with van der Waals surface area (Å²) in [5.41, 5.74) is 1.80. The number of thiophene rings is 1. The van der Waals surface area contributed by atoms with Crippen LogP contribution in [-0.4, -0.2) is 49.7 Å². The van der Waals surface area contributed by atoms with Crippen molar-refractivity contribution in [3.05, 3.63) is 41.8 Å². The van der Waals surface area contributed by atoms with Crippen LogP contribution in [0.5, 0.6) is 0 Å². The van der Waals surface area contributed by atoms with Gasteiger partial charge in [0, 0.05) is 31.6 Å². The Hall–Kier alpha value is -2.58. The number of halogens is 1. The molecule has 0 unspecified atom stereocenters. The molecule has 1 N–H and O–H groups in total. The molecule has 0 bridgehead atoms. The third kappa shape index (κ3) is 3.97. The number of rotatable bonds is 7. The molecule has 0 aliphatic carbocycles. The molecule has 0 radical (unpaired) electrons. The topological polar surface area (TPSA) is 67.3 Å². The van der Waals surface area contributed by atoms with E-state index in [9.17, 15) is 9.18 Å². The number of carbonyl (C=O) groups excluding carboxylic acids is 1. The average Bonchev–Trinajstić information content (AvgIpc) is 3.06. The molecule has 3 aromatic rings. The summed E-state index contributed by atoms with van der Waals surface area (Å²) in [4.78, 5) is 23.4. The fraction of sp³-hybridized carbons (Fsp3) is 0.278. The lowest BCUT2D eigenvalue weighted by atomic mass is 10.1. The van der Waals surface area contributed by atoms with Crippen LogP contribution in [0.25, 0.3) is 21.3 Å². The van der Waals surface area contributed by atoms with E-state index in [0.717, 1.165) is 21.3 Å². The molecule has 0 aliphatic rings. The van der Waals surface area contributed by atoms with Crippen molar-refractivity contribution in [1.82, 2.24) is 15.3 Å². The minimum absolute atomic E-state index is 0.116. The Labute approximate surface area is 154 Å². The van der Waals surface area contributed by atoms with Crippen LogP contribution < -0.4 is 10.2 Å². The van der Waals surface area contributed by atoms with Crippen LogP contribution in [0.4, 0.5) is 10.2 Å². The van der Waals surface area contributed by atoms with Gasteiger partial charge in [0.05, 0.1) is 18.5 Å². The molecule has 3 rings (SSSR count). The number of ether oxygens (including phenoxy) is 1. The molecular formula is C18H19FN4O2S. The molecule has 0 saturated carbocycles. The van der Waals surface area contributed by atoms with Crippen LogP contribution in [0.1, 0.15) is 0 Å². The van der Waals surface area contributed by atoms with Gasteiger partial charge in [-0.25, -0.2) is 14.4 Å². The number of likely N-dealkylation sites (N-methyl/N-ethyl adjacent to an activating group) is 1. The molecule has 26 heavy (non-hydrogen) atoms. The molecule has 0 aliphatic heterocycles. The number of methoxy groups -OCH3 is 1. The van der Waals surface area contributed by atoms with Gasteiger partial charge in [0.25, 0.3) is 0 Å². The number of hydrogen-bond donors (Lipinski definition) is 1. The highest BCUT2D eigenvalue weighted by Gasteiger charge is 2.17. The van der Waals surface area contributed by atoms with Gasteiger partial charge in [-0.3, -0.25) is 4.79 Å². The second-order valence-electron chi connectivity index (χ2n) is 5.73. The molecule has 2 aromatic heterocycles. The first-order valence-electron chi connectivity index (χ1n) is 8.05. The monoisotopic (exact) mass is 374 g/mol. The molecule has 1 aromatic carbocycles. The molecule has 0 saturated heterocycles. The van der Waals surface area contributed by atoms with Gasteiger partial charge in [-0.2, -0.15) is 0 Å². The summed E-state index contributed by atoms with van der Waals surface area (Å²) in [5, 5.41) is 5.62. The lowest BCUT2D eigenvalue weighted by Crippen LogP contribution is -2.37. The normalized spacial score (nSPS) is 10.9. The Morgan fingerprint density at radius 1 is 1.31 bits per heavy atom. The van der Waals surface area contributed by atoms with E-state index >= 15 is 0 Å². The lowest BCUT2D eigenvalue weighted by Gasteiger charge is -2.19. The van der Waals surface area contributed by atoms with Crippen LogP contribution in [-0.2, 0) is 9.53 Å². The number of aromatic nitrogens is 2. The second-order valence-corrected chi connectivity index (χ2v) is 6.59. The average molecular weight is 374 g/mol. The SMILES string of the molecule is COCCNC(=O)CN(C)c1ncnc2scc(-c3ccc(F)cc3)c12. The Morgan fingerprint density at radius 3 is 2.81 bits per heavy atom. The summed E-state index contributed by atoms with van der Waals surface area (Å²) in [5.74, 6) is 0.266. The minimum Gasteiger partial charge on any atom is -0.383 e. The molecule has 8 heteroatoms. The van der Waals surface area contributed by atoms with E-state index in [4.69, 9.17) is 4.74 Å². The molecule has 136 valence electrons. The summed E-state index contributed by atoms with van der Waals surface area (Å²) >= 11 is 1.49. The van der Waals surface area contributed by atoms with Crippen molar-refractivity contribution in [3.8, 4) is 11.1 Å². The second kappa shape index (κ2) is 8.20. The maximum absolute atomic E-state index is 13.2. The molecule has 0 fully saturated rings. The zero-order valence-corrected chi connectivity index (χ0v) is 15.3. The third-order valence-electron chi connectivity index (χ3n) is 3.88. The predicted molar refractivity (Wildman–Crippen MR) is 101 cm³/mol. The van der Waals surface area contributed by atoms with E-state index in [1.54, 1.807) is 24.1 Å².